The summed E-state index contributed by atoms with van der Waals surface area (Å²) in [5.74, 6) is -1.72. The van der Waals surface area contributed by atoms with Crippen molar-refractivity contribution in [3.8, 4) is 0 Å². The number of hydrogen-bond acceptors (Lipinski definition) is 3. The molecule has 3 atom stereocenters. The molecule has 3 unspecified atom stereocenters. The fraction of sp³-hybridized carbons (Fsp3) is 0.579. The molecule has 0 heterocycles. The molecule has 4 nitrogen and oxygen atoms in total. The second-order valence-corrected chi connectivity index (χ2v) is 6.38. The number of aliphatic carboxylic acids is 1. The summed E-state index contributed by atoms with van der Waals surface area (Å²) in [6.45, 7) is 2.11. The summed E-state index contributed by atoms with van der Waals surface area (Å²) in [6, 6.07) is 9.80. The van der Waals surface area contributed by atoms with Crippen molar-refractivity contribution < 1.29 is 19.4 Å². The second kappa shape index (κ2) is 8.70. The zero-order chi connectivity index (χ0) is 16.7. The summed E-state index contributed by atoms with van der Waals surface area (Å²) >= 11 is 0. The quantitative estimate of drug-likeness (QED) is 0.759. The van der Waals surface area contributed by atoms with E-state index in [4.69, 9.17) is 9.84 Å². The third-order valence-corrected chi connectivity index (χ3v) is 4.61. The molecule has 1 N–H and O–H groups in total. The van der Waals surface area contributed by atoms with Crippen molar-refractivity contribution in [2.45, 2.75) is 58.0 Å². The monoisotopic (exact) mass is 318 g/mol. The lowest BCUT2D eigenvalue weighted by Crippen LogP contribution is -2.29. The first-order valence-corrected chi connectivity index (χ1v) is 8.60. The van der Waals surface area contributed by atoms with Crippen molar-refractivity contribution in [2.75, 3.05) is 0 Å². The minimum Gasteiger partial charge on any atom is -0.481 e. The number of rotatable bonds is 7. The highest BCUT2D eigenvalue weighted by Gasteiger charge is 2.33. The van der Waals surface area contributed by atoms with Gasteiger partial charge in [0.2, 0.25) is 0 Å². The van der Waals surface area contributed by atoms with Gasteiger partial charge in [-0.05, 0) is 37.7 Å². The lowest BCUT2D eigenvalue weighted by Gasteiger charge is -2.27. The van der Waals surface area contributed by atoms with Crippen LogP contribution >= 0.6 is 0 Å². The average molecular weight is 318 g/mol. The topological polar surface area (TPSA) is 63.6 Å². The largest absolute Gasteiger partial charge is 0.481 e. The molecule has 2 rings (SSSR count). The van der Waals surface area contributed by atoms with Crippen molar-refractivity contribution in [1.82, 2.24) is 0 Å². The molecule has 1 fully saturated rings. The van der Waals surface area contributed by atoms with Crippen LogP contribution < -0.4 is 0 Å². The van der Waals surface area contributed by atoms with E-state index in [2.05, 4.69) is 6.92 Å². The van der Waals surface area contributed by atoms with Gasteiger partial charge in [0.15, 0.2) is 0 Å². The molecule has 23 heavy (non-hydrogen) atoms. The maximum atomic E-state index is 12.5. The van der Waals surface area contributed by atoms with E-state index in [1.54, 1.807) is 0 Å². The molecule has 126 valence electrons. The number of carbonyl (C=O) groups excluding carboxylic acids is 1. The number of ether oxygens (including phenoxy) is 1. The number of benzene rings is 1. The summed E-state index contributed by atoms with van der Waals surface area (Å²) in [5, 5.41) is 9.16. The Morgan fingerprint density at radius 1 is 1.22 bits per heavy atom. The molecular formula is C19H26O4. The molecule has 0 bridgehead atoms. The van der Waals surface area contributed by atoms with Crippen LogP contribution in [0, 0.1) is 11.8 Å². The molecule has 4 heteroatoms. The molecule has 0 amide bonds. The molecule has 1 aliphatic carbocycles. The van der Waals surface area contributed by atoms with Gasteiger partial charge in [-0.2, -0.15) is 0 Å². The maximum absolute atomic E-state index is 12.5. The molecule has 1 aliphatic rings. The summed E-state index contributed by atoms with van der Waals surface area (Å²) in [5.41, 5.74) is 1.01. The van der Waals surface area contributed by atoms with E-state index in [1.165, 1.54) is 0 Å². The standard InChI is InChI=1S/C19H26O4/c1-2-3-12-17(14-8-5-4-6-9-14)23-19(22)16-11-7-10-15(13-16)18(20)21/h4-6,8-9,15-17H,2-3,7,10-13H2,1H3,(H,20,21). The predicted octanol–water partition coefficient (Wildman–Crippen LogP) is 4.35. The number of carboxylic acid groups (broad SMARTS) is 1. The Balaban J connectivity index is 2.00. The Hall–Kier alpha value is -1.84. The first kappa shape index (κ1) is 17.5. The number of hydrogen-bond donors (Lipinski definition) is 1. The first-order valence-electron chi connectivity index (χ1n) is 8.60. The van der Waals surface area contributed by atoms with Gasteiger partial charge in [-0.1, -0.05) is 50.1 Å². The van der Waals surface area contributed by atoms with Crippen LogP contribution in [-0.4, -0.2) is 17.0 Å². The minimum absolute atomic E-state index is 0.228. The zero-order valence-corrected chi connectivity index (χ0v) is 13.7. The Labute approximate surface area is 137 Å². The molecule has 0 spiro atoms. The molecule has 1 aromatic rings. The smallest absolute Gasteiger partial charge is 0.309 e. The highest BCUT2D eigenvalue weighted by molar-refractivity contribution is 5.75. The number of carboxylic acids is 1. The lowest BCUT2D eigenvalue weighted by atomic mass is 9.81. The Bertz CT molecular complexity index is 511. The Morgan fingerprint density at radius 3 is 2.57 bits per heavy atom. The Kier molecular flexibility index (Phi) is 6.63. The second-order valence-electron chi connectivity index (χ2n) is 6.38. The van der Waals surface area contributed by atoms with Gasteiger partial charge in [-0.3, -0.25) is 9.59 Å². The van der Waals surface area contributed by atoms with Crippen LogP contribution in [-0.2, 0) is 14.3 Å². The van der Waals surface area contributed by atoms with Crippen LogP contribution in [0.4, 0.5) is 0 Å². The van der Waals surface area contributed by atoms with Gasteiger partial charge in [0.25, 0.3) is 0 Å². The van der Waals surface area contributed by atoms with Crippen molar-refractivity contribution in [2.24, 2.45) is 11.8 Å². The van der Waals surface area contributed by atoms with Crippen LogP contribution in [0.2, 0.25) is 0 Å². The van der Waals surface area contributed by atoms with Gasteiger partial charge in [-0.15, -0.1) is 0 Å². The van der Waals surface area contributed by atoms with Crippen molar-refractivity contribution in [3.05, 3.63) is 35.9 Å². The molecule has 0 saturated heterocycles. The molecule has 1 aromatic carbocycles. The van der Waals surface area contributed by atoms with Gasteiger partial charge < -0.3 is 9.84 Å². The van der Waals surface area contributed by atoms with Crippen LogP contribution in [0.25, 0.3) is 0 Å². The SMILES string of the molecule is CCCCC(OC(=O)C1CCCC(C(=O)O)C1)c1ccccc1. The van der Waals surface area contributed by atoms with Gasteiger partial charge in [-0.25, -0.2) is 0 Å². The van der Waals surface area contributed by atoms with E-state index < -0.39 is 11.9 Å². The van der Waals surface area contributed by atoms with Gasteiger partial charge in [0.1, 0.15) is 6.10 Å². The Morgan fingerprint density at radius 2 is 1.91 bits per heavy atom. The third-order valence-electron chi connectivity index (χ3n) is 4.61. The van der Waals surface area contributed by atoms with Gasteiger partial charge in [0.05, 0.1) is 11.8 Å². The fourth-order valence-corrected chi connectivity index (χ4v) is 3.22. The first-order chi connectivity index (χ1) is 11.1. The van der Waals surface area contributed by atoms with Crippen LogP contribution in [0.1, 0.15) is 63.5 Å². The van der Waals surface area contributed by atoms with Crippen LogP contribution in [0.15, 0.2) is 30.3 Å². The highest BCUT2D eigenvalue weighted by atomic mass is 16.5. The van der Waals surface area contributed by atoms with Crippen LogP contribution in [0.5, 0.6) is 0 Å². The summed E-state index contributed by atoms with van der Waals surface area (Å²) in [6.07, 6.45) is 5.20. The predicted molar refractivity (Wildman–Crippen MR) is 87.9 cm³/mol. The molecular weight excluding hydrogens is 292 g/mol. The maximum Gasteiger partial charge on any atom is 0.309 e. The number of unbranched alkanes of at least 4 members (excludes halogenated alkanes) is 1. The summed E-state index contributed by atoms with van der Waals surface area (Å²) in [7, 11) is 0. The van der Waals surface area contributed by atoms with E-state index in [1.807, 2.05) is 30.3 Å². The van der Waals surface area contributed by atoms with Crippen LogP contribution in [0.3, 0.4) is 0 Å². The van der Waals surface area contributed by atoms with E-state index in [-0.39, 0.29) is 18.0 Å². The van der Waals surface area contributed by atoms with E-state index in [0.29, 0.717) is 12.8 Å². The van der Waals surface area contributed by atoms with Crippen molar-refractivity contribution >= 4 is 11.9 Å². The van der Waals surface area contributed by atoms with E-state index in [0.717, 1.165) is 37.7 Å². The van der Waals surface area contributed by atoms with Crippen molar-refractivity contribution in [1.29, 1.82) is 0 Å². The molecule has 0 aliphatic heterocycles. The van der Waals surface area contributed by atoms with E-state index >= 15 is 0 Å². The third kappa shape index (κ3) is 5.08. The van der Waals surface area contributed by atoms with E-state index in [9.17, 15) is 9.59 Å². The summed E-state index contributed by atoms with van der Waals surface area (Å²) in [4.78, 5) is 23.7. The molecule has 1 saturated carbocycles. The fourth-order valence-electron chi connectivity index (χ4n) is 3.22. The van der Waals surface area contributed by atoms with Crippen molar-refractivity contribution in [3.63, 3.8) is 0 Å². The lowest BCUT2D eigenvalue weighted by molar-refractivity contribution is -0.158. The van der Waals surface area contributed by atoms with Gasteiger partial charge in [0, 0.05) is 0 Å². The normalized spacial score (nSPS) is 22.3. The van der Waals surface area contributed by atoms with Gasteiger partial charge >= 0.3 is 11.9 Å². The number of esters is 1. The summed E-state index contributed by atoms with van der Waals surface area (Å²) < 4.78 is 5.77. The molecule has 0 aromatic heterocycles. The average Bonchev–Trinajstić information content (AvgIpc) is 2.59. The highest BCUT2D eigenvalue weighted by Crippen LogP contribution is 2.32. The zero-order valence-electron chi connectivity index (χ0n) is 13.7. The minimum atomic E-state index is -0.798. The number of carbonyl (C=O) groups is 2. The molecule has 0 radical (unpaired) electrons.